The van der Waals surface area contributed by atoms with E-state index in [-0.39, 0.29) is 11.4 Å². The monoisotopic (exact) mass is 294 g/mol. The van der Waals surface area contributed by atoms with Crippen LogP contribution in [0.4, 0.5) is 17.8 Å². The number of nitrogen functional groups attached to an aromatic ring is 1. The van der Waals surface area contributed by atoms with Crippen LogP contribution in [0.25, 0.3) is 0 Å². The van der Waals surface area contributed by atoms with Crippen molar-refractivity contribution in [3.63, 3.8) is 0 Å². The van der Waals surface area contributed by atoms with Crippen molar-refractivity contribution in [2.75, 3.05) is 48.8 Å². The largest absolute Gasteiger partial charge is 0.378 e. The van der Waals surface area contributed by atoms with E-state index in [1.807, 2.05) is 0 Å². The van der Waals surface area contributed by atoms with Gasteiger partial charge in [-0.1, -0.05) is 27.7 Å². The van der Waals surface area contributed by atoms with E-state index in [2.05, 4.69) is 52.9 Å². The molecule has 0 saturated carbocycles. The Morgan fingerprint density at radius 2 is 1.90 bits per heavy atom. The standard InChI is InChI=1S/C14H26N6O/c1-10(14(2,3)4)9-16-12-17-11(15)18-13(19-12)20-5-7-21-8-6-20/h10H,5-9H2,1-4H3,(H3,15,16,17,18,19). The van der Waals surface area contributed by atoms with Crippen molar-refractivity contribution in [2.45, 2.75) is 27.7 Å². The Bertz CT molecular complexity index is 467. The summed E-state index contributed by atoms with van der Waals surface area (Å²) < 4.78 is 5.34. The van der Waals surface area contributed by atoms with Crippen LogP contribution < -0.4 is 16.0 Å². The quantitative estimate of drug-likeness (QED) is 0.867. The summed E-state index contributed by atoms with van der Waals surface area (Å²) in [6.07, 6.45) is 0. The first-order chi connectivity index (χ1) is 9.86. The fourth-order valence-electron chi connectivity index (χ4n) is 1.92. The molecular weight excluding hydrogens is 268 g/mol. The van der Waals surface area contributed by atoms with Gasteiger partial charge in [-0.2, -0.15) is 15.0 Å². The molecule has 0 bridgehead atoms. The summed E-state index contributed by atoms with van der Waals surface area (Å²) in [4.78, 5) is 14.9. The Hall–Kier alpha value is -1.63. The second kappa shape index (κ2) is 6.43. The van der Waals surface area contributed by atoms with Crippen LogP contribution in [-0.2, 0) is 4.74 Å². The van der Waals surface area contributed by atoms with Gasteiger partial charge in [-0.3, -0.25) is 0 Å². The van der Waals surface area contributed by atoms with E-state index in [4.69, 9.17) is 10.5 Å². The van der Waals surface area contributed by atoms with E-state index in [0.717, 1.165) is 19.6 Å². The number of anilines is 3. The Kier molecular flexibility index (Phi) is 4.82. The maximum Gasteiger partial charge on any atom is 0.232 e. The number of aromatic nitrogens is 3. The molecule has 2 heterocycles. The molecule has 2 rings (SSSR count). The Morgan fingerprint density at radius 3 is 2.52 bits per heavy atom. The lowest BCUT2D eigenvalue weighted by molar-refractivity contribution is 0.122. The van der Waals surface area contributed by atoms with Gasteiger partial charge in [0.05, 0.1) is 13.2 Å². The zero-order valence-corrected chi connectivity index (χ0v) is 13.4. The van der Waals surface area contributed by atoms with Crippen LogP contribution >= 0.6 is 0 Å². The molecule has 1 aliphatic rings. The summed E-state index contributed by atoms with van der Waals surface area (Å²) in [6, 6.07) is 0. The van der Waals surface area contributed by atoms with Gasteiger partial charge in [-0.05, 0) is 11.3 Å². The lowest BCUT2D eigenvalue weighted by Gasteiger charge is -2.28. The van der Waals surface area contributed by atoms with Crippen LogP contribution in [-0.4, -0.2) is 47.8 Å². The molecule has 1 saturated heterocycles. The minimum Gasteiger partial charge on any atom is -0.378 e. The van der Waals surface area contributed by atoms with Crippen molar-refractivity contribution >= 4 is 17.8 Å². The van der Waals surface area contributed by atoms with Crippen molar-refractivity contribution in [1.29, 1.82) is 0 Å². The molecule has 0 spiro atoms. The maximum atomic E-state index is 5.80. The molecule has 7 heteroatoms. The van der Waals surface area contributed by atoms with E-state index in [0.29, 0.717) is 31.0 Å². The van der Waals surface area contributed by atoms with Gasteiger partial charge in [0.25, 0.3) is 0 Å². The van der Waals surface area contributed by atoms with E-state index >= 15 is 0 Å². The number of morpholine rings is 1. The molecule has 118 valence electrons. The molecular formula is C14H26N6O. The third-order valence-corrected chi connectivity index (χ3v) is 3.98. The molecule has 0 amide bonds. The molecule has 1 aromatic rings. The summed E-state index contributed by atoms with van der Waals surface area (Å²) in [7, 11) is 0. The third-order valence-electron chi connectivity index (χ3n) is 3.98. The molecule has 1 atom stereocenters. The first-order valence-corrected chi connectivity index (χ1v) is 7.44. The van der Waals surface area contributed by atoms with Crippen LogP contribution in [0.15, 0.2) is 0 Å². The molecule has 1 aromatic heterocycles. The Labute approximate surface area is 126 Å². The predicted molar refractivity (Wildman–Crippen MR) is 84.4 cm³/mol. The third kappa shape index (κ3) is 4.42. The second-order valence-electron chi connectivity index (χ2n) is 6.56. The maximum absolute atomic E-state index is 5.80. The molecule has 21 heavy (non-hydrogen) atoms. The number of nitrogens with zero attached hydrogens (tertiary/aromatic N) is 4. The van der Waals surface area contributed by atoms with E-state index in [1.54, 1.807) is 0 Å². The second-order valence-corrected chi connectivity index (χ2v) is 6.56. The molecule has 1 fully saturated rings. The Balaban J connectivity index is 2.04. The molecule has 1 unspecified atom stereocenters. The van der Waals surface area contributed by atoms with Crippen molar-refractivity contribution in [1.82, 2.24) is 15.0 Å². The van der Waals surface area contributed by atoms with Gasteiger partial charge in [0, 0.05) is 19.6 Å². The topological polar surface area (TPSA) is 89.2 Å². The molecule has 7 nitrogen and oxygen atoms in total. The predicted octanol–water partition coefficient (Wildman–Crippen LogP) is 1.38. The number of hydrogen-bond donors (Lipinski definition) is 2. The minimum atomic E-state index is 0.235. The molecule has 3 N–H and O–H groups in total. The average molecular weight is 294 g/mol. The fourth-order valence-corrected chi connectivity index (χ4v) is 1.92. The number of rotatable bonds is 4. The van der Waals surface area contributed by atoms with Crippen molar-refractivity contribution in [3.05, 3.63) is 0 Å². The van der Waals surface area contributed by atoms with Gasteiger partial charge in [0.1, 0.15) is 0 Å². The lowest BCUT2D eigenvalue weighted by atomic mass is 9.82. The van der Waals surface area contributed by atoms with Crippen LogP contribution in [0, 0.1) is 11.3 Å². The molecule has 1 aliphatic heterocycles. The normalized spacial score (nSPS) is 17.6. The SMILES string of the molecule is CC(CNc1nc(N)nc(N2CCOCC2)n1)C(C)(C)C. The Morgan fingerprint density at radius 1 is 1.24 bits per heavy atom. The number of nitrogens with two attached hydrogens (primary N) is 1. The van der Waals surface area contributed by atoms with Gasteiger partial charge in [0.15, 0.2) is 0 Å². The molecule has 0 aromatic carbocycles. The molecule has 0 radical (unpaired) electrons. The zero-order valence-electron chi connectivity index (χ0n) is 13.4. The summed E-state index contributed by atoms with van der Waals surface area (Å²) >= 11 is 0. The summed E-state index contributed by atoms with van der Waals surface area (Å²) in [5.41, 5.74) is 6.03. The average Bonchev–Trinajstić information content (AvgIpc) is 2.44. The lowest BCUT2D eigenvalue weighted by Crippen LogP contribution is -2.37. The van der Waals surface area contributed by atoms with E-state index < -0.39 is 0 Å². The summed E-state index contributed by atoms with van der Waals surface area (Å²) in [5.74, 6) is 1.90. The van der Waals surface area contributed by atoms with Gasteiger partial charge < -0.3 is 20.7 Å². The van der Waals surface area contributed by atoms with Crippen molar-refractivity contribution < 1.29 is 4.74 Å². The van der Waals surface area contributed by atoms with Gasteiger partial charge >= 0.3 is 0 Å². The summed E-state index contributed by atoms with van der Waals surface area (Å²) in [6.45, 7) is 12.6. The number of hydrogen-bond acceptors (Lipinski definition) is 7. The highest BCUT2D eigenvalue weighted by molar-refractivity contribution is 5.42. The van der Waals surface area contributed by atoms with Crippen LogP contribution in [0.1, 0.15) is 27.7 Å². The fraction of sp³-hybridized carbons (Fsp3) is 0.786. The summed E-state index contributed by atoms with van der Waals surface area (Å²) in [5, 5.41) is 3.27. The van der Waals surface area contributed by atoms with Crippen LogP contribution in [0.2, 0.25) is 0 Å². The van der Waals surface area contributed by atoms with Gasteiger partial charge in [0.2, 0.25) is 17.8 Å². The number of ether oxygens (including phenoxy) is 1. The number of nitrogens with one attached hydrogen (secondary N) is 1. The first-order valence-electron chi connectivity index (χ1n) is 7.44. The van der Waals surface area contributed by atoms with Gasteiger partial charge in [-0.25, -0.2) is 0 Å². The van der Waals surface area contributed by atoms with E-state index in [9.17, 15) is 0 Å². The highest BCUT2D eigenvalue weighted by Gasteiger charge is 2.20. The first kappa shape index (κ1) is 15.8. The highest BCUT2D eigenvalue weighted by atomic mass is 16.5. The smallest absolute Gasteiger partial charge is 0.232 e. The zero-order chi connectivity index (χ0) is 15.5. The minimum absolute atomic E-state index is 0.235. The van der Waals surface area contributed by atoms with Crippen molar-refractivity contribution in [2.24, 2.45) is 11.3 Å². The highest BCUT2D eigenvalue weighted by Crippen LogP contribution is 2.25. The van der Waals surface area contributed by atoms with Crippen LogP contribution in [0.3, 0.4) is 0 Å². The van der Waals surface area contributed by atoms with Crippen LogP contribution in [0.5, 0.6) is 0 Å². The van der Waals surface area contributed by atoms with Gasteiger partial charge in [-0.15, -0.1) is 0 Å². The van der Waals surface area contributed by atoms with E-state index in [1.165, 1.54) is 0 Å². The molecule has 0 aliphatic carbocycles. The van der Waals surface area contributed by atoms with Crippen molar-refractivity contribution in [3.8, 4) is 0 Å².